The molecule has 0 saturated carbocycles. The lowest BCUT2D eigenvalue weighted by Gasteiger charge is -2.19. The number of nitrogens with one attached hydrogen (secondary N) is 2. The van der Waals surface area contributed by atoms with Gasteiger partial charge in [-0.3, -0.25) is 4.79 Å². The second kappa shape index (κ2) is 8.71. The van der Waals surface area contributed by atoms with Crippen molar-refractivity contribution in [1.29, 1.82) is 0 Å². The van der Waals surface area contributed by atoms with Crippen LogP contribution in [0, 0.1) is 6.92 Å². The van der Waals surface area contributed by atoms with Crippen molar-refractivity contribution in [3.63, 3.8) is 0 Å². The highest BCUT2D eigenvalue weighted by atomic mass is 16.5. The maximum Gasteiger partial charge on any atom is 0.227 e. The molecule has 0 aromatic carbocycles. The van der Waals surface area contributed by atoms with Crippen LogP contribution in [0.25, 0.3) is 0 Å². The topological polar surface area (TPSA) is 89.0 Å². The van der Waals surface area contributed by atoms with Crippen LogP contribution < -0.4 is 10.6 Å². The summed E-state index contributed by atoms with van der Waals surface area (Å²) in [6.07, 6.45) is 2.03. The third-order valence-corrected chi connectivity index (χ3v) is 3.58. The Morgan fingerprint density at radius 2 is 1.96 bits per heavy atom. The van der Waals surface area contributed by atoms with Gasteiger partial charge in [0, 0.05) is 37.8 Å². The number of aryl methyl sites for hydroxylation is 1. The summed E-state index contributed by atoms with van der Waals surface area (Å²) in [6.45, 7) is 9.01. The van der Waals surface area contributed by atoms with Gasteiger partial charge < -0.3 is 15.4 Å². The molecular weight excluding hydrogens is 330 g/mol. The van der Waals surface area contributed by atoms with Crippen LogP contribution >= 0.6 is 0 Å². The summed E-state index contributed by atoms with van der Waals surface area (Å²) >= 11 is 0. The summed E-state index contributed by atoms with van der Waals surface area (Å²) in [6, 6.07) is 5.54. The zero-order valence-corrected chi connectivity index (χ0v) is 16.1. The smallest absolute Gasteiger partial charge is 0.227 e. The van der Waals surface area contributed by atoms with E-state index >= 15 is 0 Å². The van der Waals surface area contributed by atoms with Crippen molar-refractivity contribution in [3.05, 3.63) is 41.5 Å². The Labute approximate surface area is 154 Å². The molecule has 2 N–H and O–H groups in total. The highest BCUT2D eigenvalue weighted by molar-refractivity contribution is 5.90. The Balaban J connectivity index is 1.94. The van der Waals surface area contributed by atoms with Crippen LogP contribution in [0.2, 0.25) is 0 Å². The Bertz CT molecular complexity index is 739. The number of aromatic nitrogens is 3. The van der Waals surface area contributed by atoms with Crippen molar-refractivity contribution in [2.45, 2.75) is 46.1 Å². The molecule has 0 unspecified atom stereocenters. The Morgan fingerprint density at radius 1 is 1.19 bits per heavy atom. The summed E-state index contributed by atoms with van der Waals surface area (Å²) in [7, 11) is 1.63. The van der Waals surface area contributed by atoms with Crippen LogP contribution in [0.5, 0.6) is 0 Å². The maximum atomic E-state index is 12.0. The van der Waals surface area contributed by atoms with Crippen LogP contribution in [-0.2, 0) is 21.6 Å². The molecule has 0 aliphatic rings. The number of nitrogens with zero attached hydrogens (tertiary/aromatic N) is 3. The molecule has 0 aliphatic carbocycles. The molecule has 0 bridgehead atoms. The zero-order chi connectivity index (χ0) is 19.2. The van der Waals surface area contributed by atoms with Gasteiger partial charge in [-0.15, -0.1) is 0 Å². The van der Waals surface area contributed by atoms with E-state index in [1.807, 2.05) is 19.1 Å². The largest absolute Gasteiger partial charge is 0.378 e. The summed E-state index contributed by atoms with van der Waals surface area (Å²) in [5, 5.41) is 5.97. The molecule has 2 aromatic heterocycles. The normalized spacial score (nSPS) is 11.3. The average Bonchev–Trinajstić information content (AvgIpc) is 2.56. The quantitative estimate of drug-likeness (QED) is 0.792. The van der Waals surface area contributed by atoms with E-state index in [4.69, 9.17) is 4.74 Å². The molecule has 26 heavy (non-hydrogen) atoms. The fraction of sp³-hybridized carbons (Fsp3) is 0.474. The molecule has 0 saturated heterocycles. The number of carbonyl (C=O) groups excluding carboxylic acids is 1. The molecule has 2 heterocycles. The predicted molar refractivity (Wildman–Crippen MR) is 102 cm³/mol. The average molecular weight is 357 g/mol. The molecule has 0 fully saturated rings. The standard InChI is InChI=1S/C19H27N5O2/c1-13-6-7-15(21-11-13)23-17(25)8-9-20-16-10-14(12-26-5)22-18(24-16)19(2,3)4/h6-7,10-11H,8-9,12H2,1-5H3,(H,20,22,24)(H,21,23,25). The van der Waals surface area contributed by atoms with Gasteiger partial charge in [0.25, 0.3) is 0 Å². The van der Waals surface area contributed by atoms with Crippen molar-refractivity contribution in [2.24, 2.45) is 0 Å². The molecule has 0 spiro atoms. The minimum atomic E-state index is -0.172. The minimum Gasteiger partial charge on any atom is -0.378 e. The number of hydrogen-bond donors (Lipinski definition) is 2. The molecule has 0 radical (unpaired) electrons. The lowest BCUT2D eigenvalue weighted by molar-refractivity contribution is -0.116. The first-order valence-electron chi connectivity index (χ1n) is 8.61. The van der Waals surface area contributed by atoms with E-state index in [1.54, 1.807) is 19.4 Å². The highest BCUT2D eigenvalue weighted by Crippen LogP contribution is 2.20. The number of carbonyl (C=O) groups is 1. The fourth-order valence-corrected chi connectivity index (χ4v) is 2.20. The summed E-state index contributed by atoms with van der Waals surface area (Å²) in [5.41, 5.74) is 1.69. The van der Waals surface area contributed by atoms with Crippen LogP contribution in [0.15, 0.2) is 24.4 Å². The minimum absolute atomic E-state index is 0.101. The molecule has 140 valence electrons. The maximum absolute atomic E-state index is 12.0. The molecule has 7 nitrogen and oxygen atoms in total. The van der Waals surface area contributed by atoms with Crippen LogP contribution in [0.4, 0.5) is 11.6 Å². The van der Waals surface area contributed by atoms with Gasteiger partial charge in [0.05, 0.1) is 12.3 Å². The Hall–Kier alpha value is -2.54. The first-order valence-corrected chi connectivity index (χ1v) is 8.61. The van der Waals surface area contributed by atoms with Crippen LogP contribution in [0.1, 0.15) is 44.3 Å². The van der Waals surface area contributed by atoms with Gasteiger partial charge in [-0.05, 0) is 18.6 Å². The molecule has 2 aromatic rings. The SMILES string of the molecule is COCc1cc(NCCC(=O)Nc2ccc(C)cn2)nc(C(C)(C)C)n1. The molecular formula is C19H27N5O2. The van der Waals surface area contributed by atoms with E-state index in [2.05, 4.69) is 46.4 Å². The van der Waals surface area contributed by atoms with Crippen molar-refractivity contribution in [1.82, 2.24) is 15.0 Å². The first kappa shape index (κ1) is 19.8. The van der Waals surface area contributed by atoms with Crippen molar-refractivity contribution >= 4 is 17.5 Å². The third kappa shape index (κ3) is 6.07. The molecule has 0 aliphatic heterocycles. The number of methoxy groups -OCH3 is 1. The van der Waals surface area contributed by atoms with E-state index in [1.165, 1.54) is 0 Å². The lowest BCUT2D eigenvalue weighted by atomic mass is 9.95. The fourth-order valence-electron chi connectivity index (χ4n) is 2.20. The summed E-state index contributed by atoms with van der Waals surface area (Å²) in [4.78, 5) is 25.3. The Kier molecular flexibility index (Phi) is 6.63. The molecule has 2 rings (SSSR count). The highest BCUT2D eigenvalue weighted by Gasteiger charge is 2.19. The van der Waals surface area contributed by atoms with Gasteiger partial charge in [0.2, 0.25) is 5.91 Å². The van der Waals surface area contributed by atoms with E-state index < -0.39 is 0 Å². The molecule has 1 amide bonds. The van der Waals surface area contributed by atoms with Crippen molar-refractivity contribution in [3.8, 4) is 0 Å². The third-order valence-electron chi connectivity index (χ3n) is 3.58. The van der Waals surface area contributed by atoms with Crippen LogP contribution in [-0.4, -0.2) is 34.5 Å². The zero-order valence-electron chi connectivity index (χ0n) is 16.1. The Morgan fingerprint density at radius 3 is 2.58 bits per heavy atom. The van der Waals surface area contributed by atoms with Gasteiger partial charge in [0.1, 0.15) is 17.5 Å². The van der Waals surface area contributed by atoms with Gasteiger partial charge in [-0.2, -0.15) is 0 Å². The molecule has 7 heteroatoms. The van der Waals surface area contributed by atoms with E-state index in [9.17, 15) is 4.79 Å². The second-order valence-corrected chi connectivity index (χ2v) is 7.20. The van der Waals surface area contributed by atoms with Gasteiger partial charge in [-0.1, -0.05) is 26.8 Å². The monoisotopic (exact) mass is 357 g/mol. The van der Waals surface area contributed by atoms with Crippen LogP contribution in [0.3, 0.4) is 0 Å². The van der Waals surface area contributed by atoms with Gasteiger partial charge >= 0.3 is 0 Å². The van der Waals surface area contributed by atoms with E-state index in [0.29, 0.717) is 31.2 Å². The summed E-state index contributed by atoms with van der Waals surface area (Å²) < 4.78 is 5.18. The number of amides is 1. The van der Waals surface area contributed by atoms with Gasteiger partial charge in [-0.25, -0.2) is 15.0 Å². The second-order valence-electron chi connectivity index (χ2n) is 7.20. The first-order chi connectivity index (χ1) is 12.3. The van der Waals surface area contributed by atoms with E-state index in [-0.39, 0.29) is 11.3 Å². The number of pyridine rings is 1. The predicted octanol–water partition coefficient (Wildman–Crippen LogP) is 3.06. The van der Waals surface area contributed by atoms with Crippen molar-refractivity contribution in [2.75, 3.05) is 24.3 Å². The number of hydrogen-bond acceptors (Lipinski definition) is 6. The number of rotatable bonds is 7. The van der Waals surface area contributed by atoms with E-state index in [0.717, 1.165) is 17.1 Å². The van der Waals surface area contributed by atoms with Crippen molar-refractivity contribution < 1.29 is 9.53 Å². The molecule has 0 atom stereocenters. The number of anilines is 2. The number of ether oxygens (including phenoxy) is 1. The van der Waals surface area contributed by atoms with Gasteiger partial charge in [0.15, 0.2) is 0 Å². The summed E-state index contributed by atoms with van der Waals surface area (Å²) in [5.74, 6) is 1.89. The lowest BCUT2D eigenvalue weighted by Crippen LogP contribution is -2.20.